The van der Waals surface area contributed by atoms with Crippen LogP contribution >= 0.6 is 11.6 Å². The molecule has 0 aliphatic carbocycles. The first kappa shape index (κ1) is 16.7. The Kier molecular flexibility index (Phi) is 4.43. The lowest BCUT2D eigenvalue weighted by molar-refractivity contribution is 0.0517. The minimum Gasteiger partial charge on any atom is -0.444 e. The summed E-state index contributed by atoms with van der Waals surface area (Å²) in [6.07, 6.45) is 1.57. The molecular formula is C17H23ClN2O2. The van der Waals surface area contributed by atoms with Gasteiger partial charge < -0.3 is 15.0 Å². The molecule has 2 rings (SSSR count). The molecule has 0 atom stereocenters. The smallest absolute Gasteiger partial charge is 0.407 e. The molecule has 0 aliphatic heterocycles. The topological polar surface area (TPSA) is 54.1 Å². The molecule has 120 valence electrons. The summed E-state index contributed by atoms with van der Waals surface area (Å²) in [6.45, 7) is 10.2. The molecule has 0 radical (unpaired) electrons. The van der Waals surface area contributed by atoms with Gasteiger partial charge in [-0.05, 0) is 38.5 Å². The second-order valence-corrected chi connectivity index (χ2v) is 7.57. The van der Waals surface area contributed by atoms with Gasteiger partial charge in [-0.1, -0.05) is 31.5 Å². The summed E-state index contributed by atoms with van der Waals surface area (Å²) in [5, 5.41) is 4.65. The van der Waals surface area contributed by atoms with Gasteiger partial charge in [-0.25, -0.2) is 4.79 Å². The number of aromatic amines is 1. The summed E-state index contributed by atoms with van der Waals surface area (Å²) in [6, 6.07) is 5.77. The summed E-state index contributed by atoms with van der Waals surface area (Å²) in [5.41, 5.74) is 1.40. The number of rotatable bonds is 3. The molecule has 0 unspecified atom stereocenters. The molecule has 22 heavy (non-hydrogen) atoms. The molecule has 2 aromatic rings. The van der Waals surface area contributed by atoms with E-state index in [1.165, 1.54) is 0 Å². The quantitative estimate of drug-likeness (QED) is 0.866. The van der Waals surface area contributed by atoms with Crippen LogP contribution in [-0.2, 0) is 10.2 Å². The molecule has 0 bridgehead atoms. The van der Waals surface area contributed by atoms with E-state index in [2.05, 4.69) is 24.1 Å². The highest BCUT2D eigenvalue weighted by Crippen LogP contribution is 2.31. The number of carbonyl (C=O) groups is 1. The van der Waals surface area contributed by atoms with Crippen molar-refractivity contribution in [1.29, 1.82) is 0 Å². The van der Waals surface area contributed by atoms with Gasteiger partial charge in [0.25, 0.3) is 0 Å². The van der Waals surface area contributed by atoms with Crippen LogP contribution in [0.1, 0.15) is 40.2 Å². The zero-order valence-corrected chi connectivity index (χ0v) is 14.5. The fraction of sp³-hybridized carbons (Fsp3) is 0.471. The lowest BCUT2D eigenvalue weighted by Crippen LogP contribution is -2.39. The average molecular weight is 323 g/mol. The van der Waals surface area contributed by atoms with Crippen LogP contribution in [0.4, 0.5) is 4.79 Å². The number of benzene rings is 1. The first-order chi connectivity index (χ1) is 10.1. The molecule has 0 spiro atoms. The van der Waals surface area contributed by atoms with Crippen LogP contribution in [0, 0.1) is 0 Å². The van der Waals surface area contributed by atoms with E-state index in [0.717, 1.165) is 16.5 Å². The maximum Gasteiger partial charge on any atom is 0.407 e. The van der Waals surface area contributed by atoms with Gasteiger partial charge in [0, 0.05) is 34.1 Å². The van der Waals surface area contributed by atoms with Gasteiger partial charge >= 0.3 is 6.09 Å². The summed E-state index contributed by atoms with van der Waals surface area (Å²) in [4.78, 5) is 15.1. The van der Waals surface area contributed by atoms with E-state index >= 15 is 0 Å². The average Bonchev–Trinajstić information content (AvgIpc) is 2.78. The molecule has 5 heteroatoms. The fourth-order valence-electron chi connectivity index (χ4n) is 2.36. The van der Waals surface area contributed by atoms with Crippen molar-refractivity contribution in [2.45, 2.75) is 45.6 Å². The number of halogens is 1. The second-order valence-electron chi connectivity index (χ2n) is 7.13. The monoisotopic (exact) mass is 322 g/mol. The van der Waals surface area contributed by atoms with E-state index in [4.69, 9.17) is 16.3 Å². The van der Waals surface area contributed by atoms with Gasteiger partial charge in [-0.2, -0.15) is 0 Å². The number of hydrogen-bond acceptors (Lipinski definition) is 2. The molecule has 0 saturated carbocycles. The van der Waals surface area contributed by atoms with Crippen molar-refractivity contribution in [3.05, 3.63) is 35.0 Å². The predicted octanol–water partition coefficient (Wildman–Crippen LogP) is 4.62. The van der Waals surface area contributed by atoms with E-state index in [1.54, 1.807) is 0 Å². The highest BCUT2D eigenvalue weighted by Gasteiger charge is 2.26. The van der Waals surface area contributed by atoms with Gasteiger partial charge in [0.15, 0.2) is 0 Å². The minimum absolute atomic E-state index is 0.233. The highest BCUT2D eigenvalue weighted by molar-refractivity contribution is 6.31. The third-order valence-corrected chi connectivity index (χ3v) is 3.68. The van der Waals surface area contributed by atoms with Crippen LogP contribution in [0.5, 0.6) is 0 Å². The van der Waals surface area contributed by atoms with Crippen molar-refractivity contribution in [2.24, 2.45) is 0 Å². The van der Waals surface area contributed by atoms with E-state index in [1.807, 2.05) is 45.2 Å². The lowest BCUT2D eigenvalue weighted by atomic mass is 9.84. The molecule has 4 nitrogen and oxygen atoms in total. The third-order valence-electron chi connectivity index (χ3n) is 3.45. The van der Waals surface area contributed by atoms with Crippen LogP contribution in [0.15, 0.2) is 24.4 Å². The number of H-pyrrole nitrogens is 1. The molecule has 1 aromatic heterocycles. The van der Waals surface area contributed by atoms with Gasteiger partial charge in [0.1, 0.15) is 5.60 Å². The van der Waals surface area contributed by atoms with Crippen molar-refractivity contribution in [3.8, 4) is 0 Å². The Morgan fingerprint density at radius 3 is 2.59 bits per heavy atom. The zero-order valence-electron chi connectivity index (χ0n) is 13.7. The number of amides is 1. The number of ether oxygens (including phenoxy) is 1. The van der Waals surface area contributed by atoms with Crippen molar-refractivity contribution in [2.75, 3.05) is 6.54 Å². The molecular weight excluding hydrogens is 300 g/mol. The number of carbonyl (C=O) groups excluding carboxylic acids is 1. The largest absolute Gasteiger partial charge is 0.444 e. The van der Waals surface area contributed by atoms with Crippen molar-refractivity contribution in [1.82, 2.24) is 10.3 Å². The third kappa shape index (κ3) is 3.95. The summed E-state index contributed by atoms with van der Waals surface area (Å²) in [5.74, 6) is 0. The number of aromatic nitrogens is 1. The summed E-state index contributed by atoms with van der Waals surface area (Å²) in [7, 11) is 0. The Balaban J connectivity index is 2.13. The molecule has 1 amide bonds. The zero-order chi connectivity index (χ0) is 16.5. The SMILES string of the molecule is CC(C)(C)OC(=O)NCC(C)(C)c1c[nH]c2cc(Cl)ccc12. The molecule has 0 fully saturated rings. The molecule has 2 N–H and O–H groups in total. The lowest BCUT2D eigenvalue weighted by Gasteiger charge is -2.26. The van der Waals surface area contributed by atoms with E-state index < -0.39 is 11.7 Å². The van der Waals surface area contributed by atoms with Gasteiger partial charge in [-0.15, -0.1) is 0 Å². The number of fused-ring (bicyclic) bond motifs is 1. The van der Waals surface area contributed by atoms with E-state index in [-0.39, 0.29) is 5.41 Å². The molecule has 1 heterocycles. The molecule has 0 aliphatic rings. The Morgan fingerprint density at radius 2 is 1.95 bits per heavy atom. The van der Waals surface area contributed by atoms with Crippen molar-refractivity contribution < 1.29 is 9.53 Å². The first-order valence-corrected chi connectivity index (χ1v) is 7.70. The van der Waals surface area contributed by atoms with E-state index in [9.17, 15) is 4.79 Å². The number of hydrogen-bond donors (Lipinski definition) is 2. The van der Waals surface area contributed by atoms with Crippen LogP contribution < -0.4 is 5.32 Å². The maximum absolute atomic E-state index is 11.8. The van der Waals surface area contributed by atoms with Crippen molar-refractivity contribution in [3.63, 3.8) is 0 Å². The van der Waals surface area contributed by atoms with Crippen LogP contribution in [0.3, 0.4) is 0 Å². The maximum atomic E-state index is 11.8. The molecule has 1 aromatic carbocycles. The van der Waals surface area contributed by atoms with E-state index in [0.29, 0.717) is 11.6 Å². The summed E-state index contributed by atoms with van der Waals surface area (Å²) < 4.78 is 5.28. The van der Waals surface area contributed by atoms with Crippen LogP contribution in [0.25, 0.3) is 10.9 Å². The first-order valence-electron chi connectivity index (χ1n) is 7.32. The Morgan fingerprint density at radius 1 is 1.27 bits per heavy atom. The minimum atomic E-state index is -0.494. The van der Waals surface area contributed by atoms with Crippen LogP contribution in [0.2, 0.25) is 5.02 Å². The Bertz CT molecular complexity index is 684. The summed E-state index contributed by atoms with van der Waals surface area (Å²) >= 11 is 6.01. The number of nitrogens with one attached hydrogen (secondary N) is 2. The highest BCUT2D eigenvalue weighted by atomic mass is 35.5. The fourth-order valence-corrected chi connectivity index (χ4v) is 2.53. The Hall–Kier alpha value is -1.68. The normalized spacial score (nSPS) is 12.5. The predicted molar refractivity (Wildman–Crippen MR) is 90.6 cm³/mol. The van der Waals surface area contributed by atoms with Crippen molar-refractivity contribution >= 4 is 28.6 Å². The van der Waals surface area contributed by atoms with Gasteiger partial charge in [0.2, 0.25) is 0 Å². The second kappa shape index (κ2) is 5.84. The van der Waals surface area contributed by atoms with Gasteiger partial charge in [0.05, 0.1) is 0 Å². The van der Waals surface area contributed by atoms with Gasteiger partial charge in [-0.3, -0.25) is 0 Å². The molecule has 0 saturated heterocycles. The van der Waals surface area contributed by atoms with Crippen LogP contribution in [-0.4, -0.2) is 23.2 Å². The Labute approximate surface area is 136 Å². The number of alkyl carbamates (subject to hydrolysis) is 1. The standard InChI is InChI=1S/C17H23ClN2O2/c1-16(2,3)22-15(21)20-10-17(4,5)13-9-19-14-8-11(18)6-7-12(13)14/h6-9,19H,10H2,1-5H3,(H,20,21).